The second-order valence-corrected chi connectivity index (χ2v) is 11.2. The SMILES string of the molecule is CC(=O)O[C@@H]1C[C@@H]2[C@@H]3C[C@H](OC(C)=O)[C@H]4CC(=O)CC[C@]4(C)[C@@H]3[C@H](OC(C)=O)C[C@]2(C)C1. The number of esters is 3. The van der Waals surface area contributed by atoms with Crippen molar-refractivity contribution in [2.75, 3.05) is 0 Å². The Balaban J connectivity index is 1.75. The van der Waals surface area contributed by atoms with E-state index < -0.39 is 0 Å². The maximum absolute atomic E-state index is 12.4. The number of rotatable bonds is 3. The van der Waals surface area contributed by atoms with E-state index in [1.807, 2.05) is 0 Å². The van der Waals surface area contributed by atoms with Crippen molar-refractivity contribution >= 4 is 23.7 Å². The van der Waals surface area contributed by atoms with E-state index in [-0.39, 0.29) is 76.5 Å². The lowest BCUT2D eigenvalue weighted by Gasteiger charge is -2.62. The maximum Gasteiger partial charge on any atom is 0.302 e. The molecule has 0 heterocycles. The summed E-state index contributed by atoms with van der Waals surface area (Å²) >= 11 is 0. The summed E-state index contributed by atoms with van der Waals surface area (Å²) in [5.41, 5.74) is -0.395. The number of fused-ring (bicyclic) bond motifs is 5. The van der Waals surface area contributed by atoms with Gasteiger partial charge in [0.1, 0.15) is 24.1 Å². The molecule has 0 unspecified atom stereocenters. The molecule has 4 aliphatic rings. The Bertz CT molecular complexity index is 821. The zero-order chi connectivity index (χ0) is 23.4. The van der Waals surface area contributed by atoms with Gasteiger partial charge in [0.2, 0.25) is 0 Å². The second kappa shape index (κ2) is 8.14. The topological polar surface area (TPSA) is 96.0 Å². The molecule has 9 atom stereocenters. The second-order valence-electron chi connectivity index (χ2n) is 11.2. The largest absolute Gasteiger partial charge is 0.463 e. The van der Waals surface area contributed by atoms with Crippen molar-refractivity contribution in [2.24, 2.45) is 34.5 Å². The number of carbonyl (C=O) groups is 4. The summed E-state index contributed by atoms with van der Waals surface area (Å²) in [7, 11) is 0. The summed E-state index contributed by atoms with van der Waals surface area (Å²) in [5.74, 6) is -0.220. The fourth-order valence-corrected chi connectivity index (χ4v) is 8.16. The minimum absolute atomic E-state index is 0.0676. The van der Waals surface area contributed by atoms with Crippen molar-refractivity contribution in [2.45, 2.75) is 97.9 Å². The highest BCUT2D eigenvalue weighted by molar-refractivity contribution is 5.80. The van der Waals surface area contributed by atoms with Crippen LogP contribution in [0.1, 0.15) is 79.6 Å². The van der Waals surface area contributed by atoms with Crippen LogP contribution in [0.4, 0.5) is 0 Å². The van der Waals surface area contributed by atoms with Crippen molar-refractivity contribution in [3.8, 4) is 0 Å². The van der Waals surface area contributed by atoms with Gasteiger partial charge in [-0.2, -0.15) is 0 Å². The maximum atomic E-state index is 12.4. The van der Waals surface area contributed by atoms with E-state index in [2.05, 4.69) is 13.8 Å². The first-order chi connectivity index (χ1) is 14.9. The summed E-state index contributed by atoms with van der Waals surface area (Å²) in [5, 5.41) is 0. The first-order valence-electron chi connectivity index (χ1n) is 12.0. The molecule has 4 aliphatic carbocycles. The van der Waals surface area contributed by atoms with E-state index in [9.17, 15) is 19.2 Å². The predicted molar refractivity (Wildman–Crippen MR) is 114 cm³/mol. The molecular weight excluding hydrogens is 412 g/mol. The van der Waals surface area contributed by atoms with Crippen LogP contribution in [-0.4, -0.2) is 42.0 Å². The van der Waals surface area contributed by atoms with Crippen LogP contribution in [0, 0.1) is 34.5 Å². The fourth-order valence-electron chi connectivity index (χ4n) is 8.16. The smallest absolute Gasteiger partial charge is 0.302 e. The zero-order valence-corrected chi connectivity index (χ0v) is 19.8. The van der Waals surface area contributed by atoms with Crippen molar-refractivity contribution in [3.63, 3.8) is 0 Å². The predicted octanol–water partition coefficient (Wildman–Crippen LogP) is 3.61. The molecule has 0 aromatic carbocycles. The highest BCUT2D eigenvalue weighted by atomic mass is 16.6. The molecule has 0 aliphatic heterocycles. The van der Waals surface area contributed by atoms with E-state index in [1.165, 1.54) is 20.8 Å². The Labute approximate surface area is 189 Å². The van der Waals surface area contributed by atoms with Gasteiger partial charge in [0.05, 0.1) is 0 Å². The Hall–Kier alpha value is -1.92. The molecule has 0 bridgehead atoms. The Morgan fingerprint density at radius 3 is 2.09 bits per heavy atom. The Morgan fingerprint density at radius 2 is 1.47 bits per heavy atom. The molecule has 0 saturated heterocycles. The minimum Gasteiger partial charge on any atom is -0.463 e. The van der Waals surface area contributed by atoms with E-state index in [1.54, 1.807) is 0 Å². The van der Waals surface area contributed by atoms with Crippen LogP contribution in [0.15, 0.2) is 0 Å². The van der Waals surface area contributed by atoms with Gasteiger partial charge in [0.25, 0.3) is 0 Å². The third kappa shape index (κ3) is 3.96. The molecule has 4 rings (SSSR count). The lowest BCUT2D eigenvalue weighted by Crippen LogP contribution is -2.62. The Kier molecular flexibility index (Phi) is 5.91. The van der Waals surface area contributed by atoms with Crippen molar-refractivity contribution in [1.82, 2.24) is 0 Å². The molecule has 0 aromatic heterocycles. The van der Waals surface area contributed by atoms with Crippen LogP contribution < -0.4 is 0 Å². The van der Waals surface area contributed by atoms with E-state index in [0.717, 1.165) is 19.3 Å². The van der Waals surface area contributed by atoms with Gasteiger partial charge in [-0.1, -0.05) is 13.8 Å². The molecule has 0 N–H and O–H groups in total. The van der Waals surface area contributed by atoms with E-state index in [4.69, 9.17) is 14.2 Å². The van der Waals surface area contributed by atoms with Crippen LogP contribution in [0.2, 0.25) is 0 Å². The van der Waals surface area contributed by atoms with Crippen LogP contribution in [-0.2, 0) is 33.4 Å². The number of carbonyl (C=O) groups excluding carboxylic acids is 4. The van der Waals surface area contributed by atoms with Crippen LogP contribution in [0.3, 0.4) is 0 Å². The molecule has 0 spiro atoms. The number of ether oxygens (including phenoxy) is 3. The standard InChI is InChI=1S/C25H36O7/c1-13(26)30-17-9-19-18-10-21(31-14(2)27)20-8-16(29)6-7-25(20,5)23(18)22(32-15(3)28)12-24(19,4)11-17/h17-23H,6-12H2,1-5H3/t17-,18+,19-,20-,21+,22-,23+,24+,25+/m1/s1. The number of Topliss-reactive ketones (excluding diaryl/α,β-unsaturated/α-hetero) is 1. The summed E-state index contributed by atoms with van der Waals surface area (Å²) in [4.78, 5) is 48.2. The van der Waals surface area contributed by atoms with Crippen LogP contribution in [0.25, 0.3) is 0 Å². The number of hydrogen-bond donors (Lipinski definition) is 0. The van der Waals surface area contributed by atoms with E-state index >= 15 is 0 Å². The van der Waals surface area contributed by atoms with Crippen molar-refractivity contribution < 1.29 is 33.4 Å². The molecule has 0 amide bonds. The molecule has 178 valence electrons. The zero-order valence-electron chi connectivity index (χ0n) is 19.8. The third-order valence-corrected chi connectivity index (χ3v) is 9.07. The quantitative estimate of drug-likeness (QED) is 0.481. The van der Waals surface area contributed by atoms with Gasteiger partial charge in [0, 0.05) is 45.4 Å². The molecule has 0 radical (unpaired) electrons. The van der Waals surface area contributed by atoms with Gasteiger partial charge in [-0.25, -0.2) is 0 Å². The van der Waals surface area contributed by atoms with Crippen molar-refractivity contribution in [3.05, 3.63) is 0 Å². The first kappa shape index (κ1) is 23.2. The minimum atomic E-state index is -0.326. The van der Waals surface area contributed by atoms with Crippen LogP contribution >= 0.6 is 0 Å². The van der Waals surface area contributed by atoms with Gasteiger partial charge in [-0.3, -0.25) is 19.2 Å². The summed E-state index contributed by atoms with van der Waals surface area (Å²) in [6, 6.07) is 0. The molecule has 4 fully saturated rings. The Morgan fingerprint density at radius 1 is 0.844 bits per heavy atom. The average Bonchev–Trinajstić information content (AvgIpc) is 2.96. The molecule has 32 heavy (non-hydrogen) atoms. The van der Waals surface area contributed by atoms with Crippen LogP contribution in [0.5, 0.6) is 0 Å². The lowest BCUT2D eigenvalue weighted by atomic mass is 9.44. The van der Waals surface area contributed by atoms with Gasteiger partial charge in [-0.05, 0) is 54.8 Å². The summed E-state index contributed by atoms with van der Waals surface area (Å²) in [6.07, 6.45) is 3.80. The monoisotopic (exact) mass is 448 g/mol. The number of ketones is 1. The lowest BCUT2D eigenvalue weighted by molar-refractivity contribution is -0.214. The molecule has 7 heteroatoms. The average molecular weight is 449 g/mol. The molecular formula is C25H36O7. The van der Waals surface area contributed by atoms with Gasteiger partial charge in [-0.15, -0.1) is 0 Å². The van der Waals surface area contributed by atoms with E-state index in [0.29, 0.717) is 25.7 Å². The molecule has 0 aromatic rings. The normalized spacial score (nSPS) is 45.2. The van der Waals surface area contributed by atoms with Gasteiger partial charge < -0.3 is 14.2 Å². The highest BCUT2D eigenvalue weighted by Crippen LogP contribution is 2.67. The summed E-state index contributed by atoms with van der Waals surface area (Å²) < 4.78 is 17.4. The first-order valence-corrected chi connectivity index (χ1v) is 12.0. The fraction of sp³-hybridized carbons (Fsp3) is 0.840. The highest BCUT2D eigenvalue weighted by Gasteiger charge is 2.66. The van der Waals surface area contributed by atoms with Gasteiger partial charge >= 0.3 is 17.9 Å². The molecule has 7 nitrogen and oxygen atoms in total. The number of hydrogen-bond acceptors (Lipinski definition) is 7. The van der Waals surface area contributed by atoms with Gasteiger partial charge in [0.15, 0.2) is 0 Å². The summed E-state index contributed by atoms with van der Waals surface area (Å²) in [6.45, 7) is 8.74. The van der Waals surface area contributed by atoms with Crippen molar-refractivity contribution in [1.29, 1.82) is 0 Å². The molecule has 4 saturated carbocycles. The third-order valence-electron chi connectivity index (χ3n) is 9.07.